The van der Waals surface area contributed by atoms with Crippen LogP contribution in [-0.4, -0.2) is 4.40 Å². The minimum absolute atomic E-state index is 0.0928. The molecule has 0 N–H and O–H groups in total. The van der Waals surface area contributed by atoms with Crippen LogP contribution in [0.3, 0.4) is 0 Å². The third-order valence-corrected chi connectivity index (χ3v) is 7.63. The summed E-state index contributed by atoms with van der Waals surface area (Å²) >= 11 is 0. The molecule has 2 aromatic heterocycles. The third kappa shape index (κ3) is 4.25. The Kier molecular flexibility index (Phi) is 5.91. The molecule has 0 radical (unpaired) electrons. The van der Waals surface area contributed by atoms with Crippen molar-refractivity contribution >= 4 is 68.5 Å². The van der Waals surface area contributed by atoms with Gasteiger partial charge in [0.2, 0.25) is 0 Å². The predicted octanol–water partition coefficient (Wildman–Crippen LogP) is 8.54. The van der Waals surface area contributed by atoms with Gasteiger partial charge in [0.25, 0.3) is 0 Å². The SMILES string of the molecule is C=Cc1cc2c(=O)c3cc(/C=C/c4ccccc4)ccc3n3c4ccc(/C=C/c5ccccc5)cc4c(=O)c(c1)c23. The Balaban J connectivity index is 1.51. The molecule has 0 spiro atoms. The molecule has 7 rings (SSSR count). The van der Waals surface area contributed by atoms with Gasteiger partial charge in [0.1, 0.15) is 0 Å². The van der Waals surface area contributed by atoms with Crippen LogP contribution >= 0.6 is 0 Å². The lowest BCUT2D eigenvalue weighted by molar-refractivity contribution is 1.30. The van der Waals surface area contributed by atoms with Crippen LogP contribution in [0.2, 0.25) is 0 Å². The second-order valence-electron chi connectivity index (χ2n) is 10.2. The average Bonchev–Trinajstić information content (AvgIpc) is 3.03. The van der Waals surface area contributed by atoms with Crippen molar-refractivity contribution in [3.8, 4) is 0 Å². The van der Waals surface area contributed by atoms with Crippen LogP contribution in [0, 0.1) is 0 Å². The monoisotopic (exact) mass is 527 g/mol. The summed E-state index contributed by atoms with van der Waals surface area (Å²) in [6.45, 7) is 3.91. The Labute approximate surface area is 236 Å². The lowest BCUT2D eigenvalue weighted by atomic mass is 9.98. The number of hydrogen-bond acceptors (Lipinski definition) is 2. The Morgan fingerprint density at radius 2 is 0.878 bits per heavy atom. The maximum Gasteiger partial charge on any atom is 0.197 e. The van der Waals surface area contributed by atoms with Gasteiger partial charge in [0.05, 0.1) is 16.6 Å². The molecule has 0 aliphatic heterocycles. The van der Waals surface area contributed by atoms with Crippen molar-refractivity contribution in [2.24, 2.45) is 0 Å². The lowest BCUT2D eigenvalue weighted by Gasteiger charge is -2.16. The summed E-state index contributed by atoms with van der Waals surface area (Å²) in [7, 11) is 0. The highest BCUT2D eigenvalue weighted by molar-refractivity contribution is 6.09. The van der Waals surface area contributed by atoms with Gasteiger partial charge in [-0.3, -0.25) is 9.59 Å². The van der Waals surface area contributed by atoms with E-state index in [9.17, 15) is 9.59 Å². The molecule has 0 fully saturated rings. The first-order chi connectivity index (χ1) is 20.1. The smallest absolute Gasteiger partial charge is 0.197 e. The quantitative estimate of drug-likeness (QED) is 0.128. The van der Waals surface area contributed by atoms with E-state index in [1.165, 1.54) is 0 Å². The van der Waals surface area contributed by atoms with E-state index in [0.717, 1.165) is 38.9 Å². The van der Waals surface area contributed by atoms with Gasteiger partial charge in [-0.25, -0.2) is 0 Å². The van der Waals surface area contributed by atoms with Crippen molar-refractivity contribution in [1.29, 1.82) is 0 Å². The van der Waals surface area contributed by atoms with Crippen LogP contribution < -0.4 is 10.9 Å². The molecule has 2 heterocycles. The van der Waals surface area contributed by atoms with Gasteiger partial charge >= 0.3 is 0 Å². The van der Waals surface area contributed by atoms with Gasteiger partial charge in [-0.15, -0.1) is 0 Å². The number of benzene rings is 5. The molecule has 0 saturated carbocycles. The zero-order valence-electron chi connectivity index (χ0n) is 22.2. The van der Waals surface area contributed by atoms with Gasteiger partial charge in [0, 0.05) is 21.5 Å². The summed E-state index contributed by atoms with van der Waals surface area (Å²) in [4.78, 5) is 27.9. The molecule has 7 aromatic rings. The minimum atomic E-state index is -0.0928. The zero-order valence-corrected chi connectivity index (χ0v) is 22.2. The van der Waals surface area contributed by atoms with E-state index < -0.39 is 0 Å². The number of fused-ring (bicyclic) bond motifs is 4. The Morgan fingerprint density at radius 3 is 1.32 bits per heavy atom. The van der Waals surface area contributed by atoms with Gasteiger partial charge in [-0.05, 0) is 64.2 Å². The standard InChI is InChI=1S/C38H25NO2/c1-2-25-21-32-36-33(22-25)38(41)31-24-29(16-14-27-11-7-4-8-12-27)18-20-35(31)39(36)34-19-17-28(23-30(34)37(32)40)15-13-26-9-5-3-6-10-26/h2-24H,1H2/b15-13+,16-14+. The molecule has 0 amide bonds. The van der Waals surface area contributed by atoms with Crippen molar-refractivity contribution in [2.45, 2.75) is 0 Å². The Morgan fingerprint density at radius 1 is 0.463 bits per heavy atom. The fourth-order valence-corrected chi connectivity index (χ4v) is 5.60. The van der Waals surface area contributed by atoms with E-state index in [1.54, 1.807) is 6.08 Å². The summed E-state index contributed by atoms with van der Waals surface area (Å²) in [5, 5.41) is 2.24. The molecule has 0 bridgehead atoms. The largest absolute Gasteiger partial charge is 0.308 e. The molecule has 0 unspecified atom stereocenters. The molecular weight excluding hydrogens is 502 g/mol. The van der Waals surface area contributed by atoms with Crippen molar-refractivity contribution < 1.29 is 0 Å². The number of hydrogen-bond donors (Lipinski definition) is 0. The maximum atomic E-state index is 13.9. The number of nitrogens with zero attached hydrogens (tertiary/aromatic N) is 1. The first kappa shape index (κ1) is 24.5. The second-order valence-corrected chi connectivity index (χ2v) is 10.2. The van der Waals surface area contributed by atoms with Crippen molar-refractivity contribution in [1.82, 2.24) is 4.40 Å². The summed E-state index contributed by atoms with van der Waals surface area (Å²) in [6, 6.07) is 35.7. The molecular formula is C38H25NO2. The highest BCUT2D eigenvalue weighted by atomic mass is 16.1. The van der Waals surface area contributed by atoms with Gasteiger partial charge < -0.3 is 4.40 Å². The van der Waals surface area contributed by atoms with Gasteiger partial charge in [0.15, 0.2) is 10.9 Å². The van der Waals surface area contributed by atoms with E-state index in [-0.39, 0.29) is 10.9 Å². The van der Waals surface area contributed by atoms with Crippen molar-refractivity contribution in [3.05, 3.63) is 164 Å². The molecule has 0 atom stereocenters. The topological polar surface area (TPSA) is 38.5 Å². The molecule has 5 aromatic carbocycles. The zero-order chi connectivity index (χ0) is 27.9. The van der Waals surface area contributed by atoms with Gasteiger partial charge in [-0.2, -0.15) is 0 Å². The van der Waals surface area contributed by atoms with Gasteiger partial charge in [-0.1, -0.05) is 110 Å². The van der Waals surface area contributed by atoms with Crippen LogP contribution in [0.1, 0.15) is 27.8 Å². The van der Waals surface area contributed by atoms with Crippen LogP contribution in [-0.2, 0) is 0 Å². The predicted molar refractivity (Wildman–Crippen MR) is 174 cm³/mol. The maximum absolute atomic E-state index is 13.9. The van der Waals surface area contributed by atoms with Crippen LogP contribution in [0.5, 0.6) is 0 Å². The first-order valence-corrected chi connectivity index (χ1v) is 13.5. The van der Waals surface area contributed by atoms with E-state index in [0.29, 0.717) is 27.1 Å². The van der Waals surface area contributed by atoms with E-state index >= 15 is 0 Å². The molecule has 3 nitrogen and oxygen atoms in total. The molecule has 194 valence electrons. The lowest BCUT2D eigenvalue weighted by Crippen LogP contribution is -2.14. The second kappa shape index (κ2) is 9.89. The highest BCUT2D eigenvalue weighted by Gasteiger charge is 2.18. The fourth-order valence-electron chi connectivity index (χ4n) is 5.60. The number of pyridine rings is 2. The average molecular weight is 528 g/mol. The van der Waals surface area contributed by atoms with Crippen LogP contribution in [0.25, 0.3) is 68.5 Å². The van der Waals surface area contributed by atoms with Crippen molar-refractivity contribution in [3.63, 3.8) is 0 Å². The third-order valence-electron chi connectivity index (χ3n) is 7.63. The normalized spacial score (nSPS) is 12.0. The van der Waals surface area contributed by atoms with Crippen LogP contribution in [0.15, 0.2) is 125 Å². The molecule has 0 aliphatic carbocycles. The van der Waals surface area contributed by atoms with E-state index in [2.05, 4.69) is 11.0 Å². The van der Waals surface area contributed by atoms with Crippen molar-refractivity contribution in [2.75, 3.05) is 0 Å². The van der Waals surface area contributed by atoms with E-state index in [1.807, 2.05) is 133 Å². The summed E-state index contributed by atoms with van der Waals surface area (Å²) in [5.41, 5.74) is 6.78. The molecule has 0 saturated heterocycles. The molecule has 3 heteroatoms. The first-order valence-electron chi connectivity index (χ1n) is 13.5. The Bertz CT molecular complexity index is 2140. The molecule has 41 heavy (non-hydrogen) atoms. The summed E-state index contributed by atoms with van der Waals surface area (Å²) in [6.07, 6.45) is 9.79. The number of rotatable bonds is 5. The fraction of sp³-hybridized carbons (Fsp3) is 0. The van der Waals surface area contributed by atoms with E-state index in [4.69, 9.17) is 0 Å². The minimum Gasteiger partial charge on any atom is -0.308 e. The summed E-state index contributed by atoms with van der Waals surface area (Å²) in [5.74, 6) is 0. The highest BCUT2D eigenvalue weighted by Crippen LogP contribution is 2.29. The Hall–Kier alpha value is -5.54. The van der Waals surface area contributed by atoms with Crippen LogP contribution in [0.4, 0.5) is 0 Å². The molecule has 0 aliphatic rings. The number of aromatic nitrogens is 1. The summed E-state index contributed by atoms with van der Waals surface area (Å²) < 4.78 is 2.07.